The maximum absolute atomic E-state index is 4.63. The topological polar surface area (TPSA) is 25.8 Å². The summed E-state index contributed by atoms with van der Waals surface area (Å²) in [4.78, 5) is 9.27. The molecule has 0 aliphatic heterocycles. The fraction of sp³-hybridized carbons (Fsp3) is 0.158. The van der Waals surface area contributed by atoms with E-state index >= 15 is 0 Å². The lowest BCUT2D eigenvalue weighted by Gasteiger charge is -2.09. The smallest absolute Gasteiger partial charge is 0.159 e. The van der Waals surface area contributed by atoms with Crippen LogP contribution in [0.3, 0.4) is 0 Å². The quantitative estimate of drug-likeness (QED) is 0.515. The van der Waals surface area contributed by atoms with Gasteiger partial charge in [0.1, 0.15) is 0 Å². The van der Waals surface area contributed by atoms with Crippen molar-refractivity contribution in [2.75, 3.05) is 0 Å². The van der Waals surface area contributed by atoms with Gasteiger partial charge in [-0.3, -0.25) is 0 Å². The molecule has 0 amide bonds. The molecule has 0 bridgehead atoms. The molecule has 0 fully saturated rings. The summed E-state index contributed by atoms with van der Waals surface area (Å²) in [5.41, 5.74) is 8.62. The zero-order valence-electron chi connectivity index (χ0n) is 12.2. The monoisotopic (exact) mass is 272 g/mol. The molecule has 21 heavy (non-hydrogen) atoms. The second-order valence-corrected chi connectivity index (χ2v) is 5.64. The zero-order chi connectivity index (χ0) is 14.4. The highest BCUT2D eigenvalue weighted by atomic mass is 14.9. The van der Waals surface area contributed by atoms with E-state index < -0.39 is 0 Å². The van der Waals surface area contributed by atoms with Crippen molar-refractivity contribution in [2.24, 2.45) is 0 Å². The van der Waals surface area contributed by atoms with Gasteiger partial charge in [0, 0.05) is 17.0 Å². The number of benzene rings is 2. The highest BCUT2D eigenvalue weighted by Gasteiger charge is 2.22. The van der Waals surface area contributed by atoms with E-state index in [1.165, 1.54) is 22.3 Å². The molecule has 1 heterocycles. The van der Waals surface area contributed by atoms with Crippen LogP contribution < -0.4 is 0 Å². The number of hydrogen-bond acceptors (Lipinski definition) is 2. The van der Waals surface area contributed by atoms with Crippen LogP contribution in [0.1, 0.15) is 22.5 Å². The Balaban J connectivity index is 1.94. The second kappa shape index (κ2) is 4.52. The minimum absolute atomic E-state index is 0.845. The van der Waals surface area contributed by atoms with Crippen LogP contribution in [-0.2, 0) is 6.42 Å². The first kappa shape index (κ1) is 12.3. The third kappa shape index (κ3) is 1.95. The van der Waals surface area contributed by atoms with E-state index in [4.69, 9.17) is 0 Å². The average molecular weight is 272 g/mol. The van der Waals surface area contributed by atoms with Crippen molar-refractivity contribution >= 4 is 0 Å². The lowest BCUT2D eigenvalue weighted by atomic mass is 10.0. The minimum atomic E-state index is 0.845. The predicted molar refractivity (Wildman–Crippen MR) is 85.2 cm³/mol. The van der Waals surface area contributed by atoms with Gasteiger partial charge in [-0.05, 0) is 48.6 Å². The summed E-state index contributed by atoms with van der Waals surface area (Å²) in [5.74, 6) is 0.845. The molecule has 0 saturated carbocycles. The largest absolute Gasteiger partial charge is 0.233 e. The number of nitrogens with zero attached hydrogens (tertiary/aromatic N) is 2. The highest BCUT2D eigenvalue weighted by molar-refractivity contribution is 5.83. The first-order chi connectivity index (χ1) is 10.2. The normalized spacial score (nSPS) is 12.1. The Labute approximate surface area is 124 Å². The van der Waals surface area contributed by atoms with E-state index in [-0.39, 0.29) is 0 Å². The SMILES string of the molecule is Cc1cc(C)nc(-c2cccc3c2Cc2ccccc2-3)n1. The molecule has 1 aliphatic rings. The van der Waals surface area contributed by atoms with Crippen LogP contribution in [0.2, 0.25) is 0 Å². The van der Waals surface area contributed by atoms with Crippen LogP contribution in [0.25, 0.3) is 22.5 Å². The van der Waals surface area contributed by atoms with E-state index in [1.54, 1.807) is 0 Å². The van der Waals surface area contributed by atoms with Crippen LogP contribution in [0, 0.1) is 13.8 Å². The highest BCUT2D eigenvalue weighted by Crippen LogP contribution is 2.40. The molecular formula is C19H16N2. The molecule has 0 N–H and O–H groups in total. The summed E-state index contributed by atoms with van der Waals surface area (Å²) in [6.07, 6.45) is 0.970. The number of aryl methyl sites for hydroxylation is 2. The van der Waals surface area contributed by atoms with Crippen LogP contribution in [-0.4, -0.2) is 9.97 Å². The van der Waals surface area contributed by atoms with E-state index in [2.05, 4.69) is 52.4 Å². The maximum Gasteiger partial charge on any atom is 0.159 e. The number of fused-ring (bicyclic) bond motifs is 3. The molecule has 1 aromatic heterocycles. The van der Waals surface area contributed by atoms with E-state index in [0.717, 1.165) is 29.2 Å². The van der Waals surface area contributed by atoms with E-state index in [1.807, 2.05) is 19.9 Å². The third-order valence-corrected chi connectivity index (χ3v) is 4.07. The maximum atomic E-state index is 4.63. The van der Waals surface area contributed by atoms with Crippen LogP contribution in [0.5, 0.6) is 0 Å². The molecule has 0 radical (unpaired) electrons. The van der Waals surface area contributed by atoms with Crippen LogP contribution in [0.15, 0.2) is 48.5 Å². The second-order valence-electron chi connectivity index (χ2n) is 5.64. The summed E-state index contributed by atoms with van der Waals surface area (Å²) in [6.45, 7) is 4.05. The Bertz CT molecular complexity index is 830. The molecule has 2 nitrogen and oxygen atoms in total. The molecule has 0 saturated heterocycles. The van der Waals surface area contributed by atoms with Crippen molar-refractivity contribution in [3.05, 3.63) is 71.0 Å². The number of rotatable bonds is 1. The van der Waals surface area contributed by atoms with E-state index in [9.17, 15) is 0 Å². The van der Waals surface area contributed by atoms with Crippen molar-refractivity contribution in [1.29, 1.82) is 0 Å². The lowest BCUT2D eigenvalue weighted by Crippen LogP contribution is -1.97. The summed E-state index contributed by atoms with van der Waals surface area (Å²) in [6, 6.07) is 17.1. The van der Waals surface area contributed by atoms with Gasteiger partial charge in [-0.15, -0.1) is 0 Å². The fourth-order valence-electron chi connectivity index (χ4n) is 3.21. The minimum Gasteiger partial charge on any atom is -0.233 e. The standard InChI is InChI=1S/C19H16N2/c1-12-10-13(2)21-19(20-12)17-9-5-8-16-15-7-4-3-6-14(15)11-18(16)17/h3-10H,11H2,1-2H3. The van der Waals surface area contributed by atoms with Gasteiger partial charge in [-0.25, -0.2) is 9.97 Å². The summed E-state index contributed by atoms with van der Waals surface area (Å²) < 4.78 is 0. The predicted octanol–water partition coefficient (Wildman–Crippen LogP) is 4.33. The Morgan fingerprint density at radius 1 is 0.762 bits per heavy atom. The van der Waals surface area contributed by atoms with Gasteiger partial charge in [-0.1, -0.05) is 42.5 Å². The molecule has 2 heteroatoms. The Hall–Kier alpha value is -2.48. The van der Waals surface area contributed by atoms with Crippen molar-refractivity contribution in [3.63, 3.8) is 0 Å². The third-order valence-electron chi connectivity index (χ3n) is 4.07. The van der Waals surface area contributed by atoms with Gasteiger partial charge in [0.2, 0.25) is 0 Å². The van der Waals surface area contributed by atoms with Crippen LogP contribution in [0.4, 0.5) is 0 Å². The molecular weight excluding hydrogens is 256 g/mol. The van der Waals surface area contributed by atoms with Gasteiger partial charge in [0.15, 0.2) is 5.82 Å². The first-order valence-corrected chi connectivity index (χ1v) is 7.25. The molecule has 102 valence electrons. The number of aromatic nitrogens is 2. The zero-order valence-corrected chi connectivity index (χ0v) is 12.2. The van der Waals surface area contributed by atoms with Gasteiger partial charge in [0.05, 0.1) is 0 Å². The molecule has 1 aliphatic carbocycles. The van der Waals surface area contributed by atoms with Crippen molar-refractivity contribution < 1.29 is 0 Å². The first-order valence-electron chi connectivity index (χ1n) is 7.25. The molecule has 3 aromatic rings. The van der Waals surface area contributed by atoms with Crippen LogP contribution >= 0.6 is 0 Å². The van der Waals surface area contributed by atoms with Gasteiger partial charge in [0.25, 0.3) is 0 Å². The van der Waals surface area contributed by atoms with Crippen molar-refractivity contribution in [3.8, 4) is 22.5 Å². The molecule has 2 aromatic carbocycles. The fourth-order valence-corrected chi connectivity index (χ4v) is 3.21. The molecule has 0 unspecified atom stereocenters. The van der Waals surface area contributed by atoms with Gasteiger partial charge < -0.3 is 0 Å². The van der Waals surface area contributed by atoms with Gasteiger partial charge >= 0.3 is 0 Å². The van der Waals surface area contributed by atoms with Crippen molar-refractivity contribution in [1.82, 2.24) is 9.97 Å². The average Bonchev–Trinajstić information content (AvgIpc) is 2.84. The van der Waals surface area contributed by atoms with E-state index in [0.29, 0.717) is 0 Å². The summed E-state index contributed by atoms with van der Waals surface area (Å²) >= 11 is 0. The Kier molecular flexibility index (Phi) is 2.64. The molecule has 4 rings (SSSR count). The summed E-state index contributed by atoms with van der Waals surface area (Å²) in [7, 11) is 0. The van der Waals surface area contributed by atoms with Crippen molar-refractivity contribution in [2.45, 2.75) is 20.3 Å². The summed E-state index contributed by atoms with van der Waals surface area (Å²) in [5, 5.41) is 0. The number of hydrogen-bond donors (Lipinski definition) is 0. The Morgan fingerprint density at radius 3 is 2.24 bits per heavy atom. The Morgan fingerprint density at radius 2 is 1.43 bits per heavy atom. The molecule has 0 spiro atoms. The van der Waals surface area contributed by atoms with Gasteiger partial charge in [-0.2, -0.15) is 0 Å². The molecule has 0 atom stereocenters. The lowest BCUT2D eigenvalue weighted by molar-refractivity contribution is 1.06.